The minimum absolute atomic E-state index is 0.0624. The molecule has 3 aliphatic carbocycles. The first-order valence-corrected chi connectivity index (χ1v) is 14.5. The molecule has 7 rings (SSSR count). The van der Waals surface area contributed by atoms with Gasteiger partial charge in [-0.25, -0.2) is 4.79 Å². The van der Waals surface area contributed by atoms with Crippen LogP contribution >= 0.6 is 0 Å². The van der Waals surface area contributed by atoms with Crippen LogP contribution in [0.3, 0.4) is 0 Å². The molecule has 3 saturated carbocycles. The molecule has 6 bridgehead atoms. The quantitative estimate of drug-likeness (QED) is 0.421. The van der Waals surface area contributed by atoms with Crippen molar-refractivity contribution in [3.05, 3.63) is 35.9 Å². The number of ether oxygens (including phenoxy) is 3. The van der Waals surface area contributed by atoms with E-state index in [1.807, 2.05) is 25.1 Å². The van der Waals surface area contributed by atoms with E-state index in [2.05, 4.69) is 41.5 Å². The Hall–Kier alpha value is -1.25. The maximum absolute atomic E-state index is 12.8. The molecular formula is C26H38O6Si. The molecule has 0 unspecified atom stereocenters. The highest BCUT2D eigenvalue weighted by Gasteiger charge is 2.94. The topological polar surface area (TPSA) is 74.2 Å². The minimum atomic E-state index is -2.27. The van der Waals surface area contributed by atoms with Crippen LogP contribution in [0.2, 0.25) is 16.6 Å². The zero-order chi connectivity index (χ0) is 24.0. The van der Waals surface area contributed by atoms with Crippen molar-refractivity contribution in [3.8, 4) is 0 Å². The summed E-state index contributed by atoms with van der Waals surface area (Å²) in [5.74, 6) is -1.26. The lowest BCUT2D eigenvalue weighted by atomic mass is 9.41. The number of hydrogen-bond donors (Lipinski definition) is 1. The van der Waals surface area contributed by atoms with Crippen LogP contribution in [0.15, 0.2) is 30.3 Å². The number of rotatable bonds is 8. The molecule has 6 aliphatic rings. The van der Waals surface area contributed by atoms with Crippen molar-refractivity contribution in [2.24, 2.45) is 11.3 Å². The van der Waals surface area contributed by atoms with E-state index >= 15 is 0 Å². The van der Waals surface area contributed by atoms with Gasteiger partial charge in [-0.05, 0) is 42.1 Å². The Morgan fingerprint density at radius 1 is 1.09 bits per heavy atom. The molecule has 0 aromatic heterocycles. The van der Waals surface area contributed by atoms with Gasteiger partial charge in [-0.3, -0.25) is 0 Å². The summed E-state index contributed by atoms with van der Waals surface area (Å²) in [7, 11) is -2.27. The zero-order valence-corrected chi connectivity index (χ0v) is 21.9. The summed E-state index contributed by atoms with van der Waals surface area (Å²) in [6, 6.07) is 8.96. The van der Waals surface area contributed by atoms with Crippen LogP contribution in [0, 0.1) is 11.3 Å². The third-order valence-electron chi connectivity index (χ3n) is 9.48. The van der Waals surface area contributed by atoms with Gasteiger partial charge in [-0.2, -0.15) is 0 Å². The van der Waals surface area contributed by atoms with E-state index in [1.54, 1.807) is 12.1 Å². The van der Waals surface area contributed by atoms with Gasteiger partial charge >= 0.3 is 5.97 Å². The Labute approximate surface area is 198 Å². The first kappa shape index (κ1) is 23.5. The molecule has 3 saturated heterocycles. The summed E-state index contributed by atoms with van der Waals surface area (Å²) in [6.45, 7) is 15.7. The van der Waals surface area contributed by atoms with Crippen molar-refractivity contribution in [2.45, 2.75) is 101 Å². The third-order valence-corrected chi connectivity index (χ3v) is 15.6. The number of esters is 1. The summed E-state index contributed by atoms with van der Waals surface area (Å²) in [6.07, 6.45) is 0.413. The van der Waals surface area contributed by atoms with Gasteiger partial charge < -0.3 is 23.7 Å². The van der Waals surface area contributed by atoms with Gasteiger partial charge in [0.05, 0.1) is 11.0 Å². The summed E-state index contributed by atoms with van der Waals surface area (Å²) < 4.78 is 26.1. The van der Waals surface area contributed by atoms with Crippen LogP contribution in [0.5, 0.6) is 0 Å². The van der Waals surface area contributed by atoms with Crippen molar-refractivity contribution < 1.29 is 28.5 Å². The van der Waals surface area contributed by atoms with Gasteiger partial charge in [-0.15, -0.1) is 0 Å². The van der Waals surface area contributed by atoms with E-state index < -0.39 is 43.0 Å². The fraction of sp³-hybridized carbons (Fsp3) is 0.731. The van der Waals surface area contributed by atoms with Crippen LogP contribution in [-0.4, -0.2) is 49.3 Å². The summed E-state index contributed by atoms with van der Waals surface area (Å²) in [5, 5.41) is 11.8. The Morgan fingerprint density at radius 2 is 1.70 bits per heavy atom. The van der Waals surface area contributed by atoms with E-state index in [4.69, 9.17) is 18.6 Å². The largest absolute Gasteiger partial charge is 0.461 e. The molecule has 3 aliphatic heterocycles. The van der Waals surface area contributed by atoms with Crippen molar-refractivity contribution in [3.63, 3.8) is 0 Å². The normalized spacial score (nSPS) is 40.7. The van der Waals surface area contributed by atoms with Gasteiger partial charge in [-0.1, -0.05) is 59.7 Å². The predicted molar refractivity (Wildman–Crippen MR) is 126 cm³/mol. The van der Waals surface area contributed by atoms with Crippen molar-refractivity contribution >= 4 is 14.3 Å². The lowest BCUT2D eigenvalue weighted by Gasteiger charge is -2.67. The molecule has 0 amide bonds. The van der Waals surface area contributed by atoms with Gasteiger partial charge in [0.2, 0.25) is 8.32 Å². The molecule has 0 radical (unpaired) electrons. The molecule has 6 nitrogen and oxygen atoms in total. The maximum atomic E-state index is 12.8. The zero-order valence-electron chi connectivity index (χ0n) is 20.9. The first-order chi connectivity index (χ1) is 15.4. The Morgan fingerprint density at radius 3 is 2.27 bits per heavy atom. The molecule has 7 heteroatoms. The molecular weight excluding hydrogens is 436 g/mol. The lowest BCUT2D eigenvalue weighted by Crippen LogP contribution is -2.80. The maximum Gasteiger partial charge on any atom is 0.338 e. The van der Waals surface area contributed by atoms with E-state index in [0.29, 0.717) is 35.0 Å². The molecule has 0 spiro atoms. The smallest absolute Gasteiger partial charge is 0.338 e. The molecule has 1 aromatic rings. The highest BCUT2D eigenvalue weighted by molar-refractivity contribution is 6.77. The highest BCUT2D eigenvalue weighted by Crippen LogP contribution is 2.81. The Kier molecular flexibility index (Phi) is 5.08. The van der Waals surface area contributed by atoms with Gasteiger partial charge in [0.25, 0.3) is 0 Å². The molecule has 33 heavy (non-hydrogen) atoms. The van der Waals surface area contributed by atoms with Gasteiger partial charge in [0.15, 0.2) is 12.1 Å². The second-order valence-electron chi connectivity index (χ2n) is 11.8. The standard InChI is InChI=1S/C26H38O6Si/c1-16(2)33(17(3)4,18(5)6)32-25-14-23(7)26(28)13-20(25)24(26,22(30-23)31-25)15-29-21(27)19-11-9-8-10-12-19/h8-12,16-18,20,22,28H,13-15H2,1-7H3/t20-,22-,23+,24+,25+,26+/m1/s1. The minimum Gasteiger partial charge on any atom is -0.461 e. The second-order valence-corrected chi connectivity index (χ2v) is 17.2. The average Bonchev–Trinajstić information content (AvgIpc) is 2.95. The summed E-state index contributed by atoms with van der Waals surface area (Å²) >= 11 is 0. The predicted octanol–water partition coefficient (Wildman–Crippen LogP) is 5.02. The molecule has 6 atom stereocenters. The number of carbonyl (C=O) groups is 1. The third kappa shape index (κ3) is 2.66. The average molecular weight is 475 g/mol. The van der Waals surface area contributed by atoms with Crippen molar-refractivity contribution in [1.29, 1.82) is 0 Å². The molecule has 6 fully saturated rings. The summed E-state index contributed by atoms with van der Waals surface area (Å²) in [4.78, 5) is 12.8. The van der Waals surface area contributed by atoms with Crippen LogP contribution in [-0.2, 0) is 18.6 Å². The SMILES string of the molecule is CC(C)[Si](O[C@]12C[C@]3(C)O[C@H](O1)[C@]1(COC(=O)c4ccccc4)[C@H]2C[C@@]13O)(C(C)C)C(C)C. The van der Waals surface area contributed by atoms with Crippen LogP contribution < -0.4 is 0 Å². The summed E-state index contributed by atoms with van der Waals surface area (Å²) in [5.41, 5.74) is -0.943. The van der Waals surface area contributed by atoms with Crippen LogP contribution in [0.25, 0.3) is 0 Å². The number of aliphatic hydroxyl groups is 1. The first-order valence-electron chi connectivity index (χ1n) is 12.4. The van der Waals surface area contributed by atoms with Gasteiger partial charge in [0.1, 0.15) is 17.8 Å². The molecule has 3 heterocycles. The van der Waals surface area contributed by atoms with Crippen LogP contribution in [0.1, 0.15) is 71.7 Å². The fourth-order valence-electron chi connectivity index (χ4n) is 8.01. The lowest BCUT2D eigenvalue weighted by molar-refractivity contribution is -0.378. The van der Waals surface area contributed by atoms with Crippen molar-refractivity contribution in [2.75, 3.05) is 6.61 Å². The highest BCUT2D eigenvalue weighted by atomic mass is 28.4. The van der Waals surface area contributed by atoms with Crippen molar-refractivity contribution in [1.82, 2.24) is 0 Å². The van der Waals surface area contributed by atoms with E-state index in [1.165, 1.54) is 0 Å². The Balaban J connectivity index is 1.48. The van der Waals surface area contributed by atoms with E-state index in [9.17, 15) is 9.90 Å². The Bertz CT molecular complexity index is 928. The fourth-order valence-corrected chi connectivity index (χ4v) is 13.6. The monoisotopic (exact) mass is 474 g/mol. The van der Waals surface area contributed by atoms with Crippen LogP contribution in [0.4, 0.5) is 0 Å². The number of benzene rings is 1. The van der Waals surface area contributed by atoms with E-state index in [-0.39, 0.29) is 12.5 Å². The molecule has 1 aromatic carbocycles. The van der Waals surface area contributed by atoms with E-state index in [0.717, 1.165) is 0 Å². The molecule has 1 N–H and O–H groups in total. The number of hydrogen-bond acceptors (Lipinski definition) is 6. The molecule has 182 valence electrons. The van der Waals surface area contributed by atoms with Gasteiger partial charge in [0, 0.05) is 12.3 Å². The second kappa shape index (κ2) is 7.14. The number of carbonyl (C=O) groups excluding carboxylic acids is 1.